The maximum absolute atomic E-state index is 14.0. The predicted molar refractivity (Wildman–Crippen MR) is 98.5 cm³/mol. The zero-order valence-corrected chi connectivity index (χ0v) is 15.3. The van der Waals surface area contributed by atoms with Gasteiger partial charge in [-0.05, 0) is 36.1 Å². The summed E-state index contributed by atoms with van der Waals surface area (Å²) >= 11 is 1.31. The molecule has 0 aliphatic carbocycles. The lowest BCUT2D eigenvalue weighted by molar-refractivity contribution is 0.101. The zero-order chi connectivity index (χ0) is 18.7. The molecule has 136 valence electrons. The van der Waals surface area contributed by atoms with Gasteiger partial charge in [-0.25, -0.2) is 13.8 Å². The highest BCUT2D eigenvalue weighted by Crippen LogP contribution is 2.20. The Hall–Kier alpha value is -2.54. The van der Waals surface area contributed by atoms with Crippen molar-refractivity contribution >= 4 is 22.4 Å². The van der Waals surface area contributed by atoms with Gasteiger partial charge >= 0.3 is 0 Å². The van der Waals surface area contributed by atoms with Crippen LogP contribution in [0.1, 0.15) is 35.5 Å². The Kier molecular flexibility index (Phi) is 5.46. The monoisotopic (exact) mass is 375 g/mol. The van der Waals surface area contributed by atoms with Crippen molar-refractivity contribution in [2.45, 2.75) is 26.8 Å². The molecule has 4 nitrogen and oxygen atoms in total. The first-order valence-corrected chi connectivity index (χ1v) is 9.14. The van der Waals surface area contributed by atoms with Crippen LogP contribution in [0.15, 0.2) is 42.0 Å². The second-order valence-electron chi connectivity index (χ2n) is 6.45. The molecule has 0 saturated carbocycles. The minimum atomic E-state index is -0.629. The molecule has 0 unspecified atom stereocenters. The number of nitrogens with one attached hydrogen (secondary N) is 1. The number of hydrogen-bond donors (Lipinski definition) is 1. The first-order valence-electron chi connectivity index (χ1n) is 8.27. The van der Waals surface area contributed by atoms with Gasteiger partial charge in [0.2, 0.25) is 0 Å². The molecule has 7 heteroatoms. The van der Waals surface area contributed by atoms with Crippen LogP contribution in [0.5, 0.6) is 0 Å². The summed E-state index contributed by atoms with van der Waals surface area (Å²) in [5.41, 5.74) is 1.22. The number of hydrogen-bond acceptors (Lipinski definition) is 3. The van der Waals surface area contributed by atoms with Crippen molar-refractivity contribution in [1.29, 1.82) is 0 Å². The molecule has 3 rings (SSSR count). The Balaban J connectivity index is 1.94. The van der Waals surface area contributed by atoms with E-state index in [2.05, 4.69) is 24.1 Å². The minimum Gasteiger partial charge on any atom is -0.339 e. The third-order valence-electron chi connectivity index (χ3n) is 3.87. The highest BCUT2D eigenvalue weighted by molar-refractivity contribution is 7.13. The number of halogens is 2. The molecular formula is C19H19F2N3OS. The molecule has 0 saturated heterocycles. The summed E-state index contributed by atoms with van der Waals surface area (Å²) in [5.74, 6) is -1.22. The Morgan fingerprint density at radius 3 is 2.65 bits per heavy atom. The van der Waals surface area contributed by atoms with E-state index in [-0.39, 0.29) is 18.0 Å². The van der Waals surface area contributed by atoms with Crippen molar-refractivity contribution in [1.82, 2.24) is 9.55 Å². The first kappa shape index (κ1) is 18.3. The van der Waals surface area contributed by atoms with E-state index in [1.165, 1.54) is 29.5 Å². The Bertz CT molecular complexity index is 883. The number of benzene rings is 1. The predicted octanol–water partition coefficient (Wildman–Crippen LogP) is 4.72. The summed E-state index contributed by atoms with van der Waals surface area (Å²) in [7, 11) is 0. The maximum atomic E-state index is 14.0. The number of rotatable bonds is 6. The van der Waals surface area contributed by atoms with Crippen LogP contribution in [-0.2, 0) is 13.0 Å². The van der Waals surface area contributed by atoms with Crippen molar-refractivity contribution < 1.29 is 13.6 Å². The Labute approximate surface area is 154 Å². The third kappa shape index (κ3) is 4.16. The molecule has 0 bridgehead atoms. The number of nitrogens with zero attached hydrogens (tertiary/aromatic N) is 2. The van der Waals surface area contributed by atoms with Gasteiger partial charge in [-0.3, -0.25) is 10.1 Å². The van der Waals surface area contributed by atoms with Gasteiger partial charge < -0.3 is 4.57 Å². The van der Waals surface area contributed by atoms with Gasteiger partial charge in [0.05, 0.1) is 6.54 Å². The van der Waals surface area contributed by atoms with Crippen molar-refractivity contribution in [2.24, 2.45) is 5.92 Å². The normalized spacial score (nSPS) is 11.1. The minimum absolute atomic E-state index is 0.0583. The smallest absolute Gasteiger partial charge is 0.274 e. The van der Waals surface area contributed by atoms with E-state index in [4.69, 9.17) is 0 Å². The molecule has 26 heavy (non-hydrogen) atoms. The average Bonchev–Trinajstić information content (AvgIpc) is 3.20. The van der Waals surface area contributed by atoms with E-state index < -0.39 is 11.6 Å². The molecule has 1 amide bonds. The number of carbonyl (C=O) groups excluding carboxylic acids is 1. The van der Waals surface area contributed by atoms with Crippen LogP contribution in [0.3, 0.4) is 0 Å². The SMILES string of the molecule is CC(C)Cc1cc(C(=O)Nc2nccs2)n(Cc2c(F)cccc2F)c1. The van der Waals surface area contributed by atoms with Gasteiger partial charge in [-0.2, -0.15) is 0 Å². The highest BCUT2D eigenvalue weighted by atomic mass is 32.1. The number of thiazole rings is 1. The fourth-order valence-corrected chi connectivity index (χ4v) is 3.30. The standard InChI is InChI=1S/C19H19F2N3OS/c1-12(2)8-13-9-17(18(25)23-19-22-6-7-26-19)24(10-13)11-14-15(20)4-3-5-16(14)21/h3-7,9-10,12H,8,11H2,1-2H3,(H,22,23,25). The summed E-state index contributed by atoms with van der Waals surface area (Å²) in [6.45, 7) is 4.09. The fourth-order valence-electron chi connectivity index (χ4n) is 2.78. The summed E-state index contributed by atoms with van der Waals surface area (Å²) in [6.07, 6.45) is 4.14. The molecule has 0 atom stereocenters. The van der Waals surface area contributed by atoms with E-state index >= 15 is 0 Å². The van der Waals surface area contributed by atoms with Gasteiger partial charge in [0.15, 0.2) is 5.13 Å². The quantitative estimate of drug-likeness (QED) is 0.677. The summed E-state index contributed by atoms with van der Waals surface area (Å²) in [5, 5.41) is 4.95. The van der Waals surface area contributed by atoms with Crippen LogP contribution in [0.25, 0.3) is 0 Å². The maximum Gasteiger partial charge on any atom is 0.274 e. The summed E-state index contributed by atoms with van der Waals surface area (Å²) < 4.78 is 29.6. The first-order chi connectivity index (χ1) is 12.4. The van der Waals surface area contributed by atoms with Gasteiger partial charge in [0.1, 0.15) is 17.3 Å². The number of anilines is 1. The van der Waals surface area contributed by atoms with Crippen LogP contribution in [0.4, 0.5) is 13.9 Å². The topological polar surface area (TPSA) is 46.9 Å². The van der Waals surface area contributed by atoms with Crippen LogP contribution in [0.2, 0.25) is 0 Å². The van der Waals surface area contributed by atoms with Crippen LogP contribution >= 0.6 is 11.3 Å². The van der Waals surface area contributed by atoms with E-state index in [0.717, 1.165) is 12.0 Å². The van der Waals surface area contributed by atoms with Crippen molar-refractivity contribution in [3.8, 4) is 0 Å². The van der Waals surface area contributed by atoms with E-state index in [1.54, 1.807) is 28.4 Å². The van der Waals surface area contributed by atoms with Crippen LogP contribution in [0, 0.1) is 17.6 Å². The second-order valence-corrected chi connectivity index (χ2v) is 7.35. The number of aromatic nitrogens is 2. The highest BCUT2D eigenvalue weighted by Gasteiger charge is 2.18. The molecule has 3 aromatic rings. The van der Waals surface area contributed by atoms with Crippen LogP contribution < -0.4 is 5.32 Å². The molecule has 1 aromatic carbocycles. The fraction of sp³-hybridized carbons (Fsp3) is 0.263. The number of carbonyl (C=O) groups is 1. The molecule has 1 N–H and O–H groups in total. The lowest BCUT2D eigenvalue weighted by Gasteiger charge is -2.10. The van der Waals surface area contributed by atoms with E-state index in [9.17, 15) is 13.6 Å². The average molecular weight is 375 g/mol. The molecule has 0 aliphatic heterocycles. The number of amides is 1. The van der Waals surface area contributed by atoms with Crippen LogP contribution in [-0.4, -0.2) is 15.5 Å². The molecule has 0 aliphatic rings. The van der Waals surface area contributed by atoms with Crippen molar-refractivity contribution in [3.63, 3.8) is 0 Å². The lowest BCUT2D eigenvalue weighted by Crippen LogP contribution is -2.17. The molecular weight excluding hydrogens is 356 g/mol. The Morgan fingerprint density at radius 2 is 2.04 bits per heavy atom. The zero-order valence-electron chi connectivity index (χ0n) is 14.5. The summed E-state index contributed by atoms with van der Waals surface area (Å²) in [6, 6.07) is 5.52. The second kappa shape index (κ2) is 7.78. The van der Waals surface area contributed by atoms with Gasteiger partial charge in [-0.1, -0.05) is 19.9 Å². The third-order valence-corrected chi connectivity index (χ3v) is 4.56. The van der Waals surface area contributed by atoms with Crippen molar-refractivity contribution in [2.75, 3.05) is 5.32 Å². The molecule has 0 radical (unpaired) electrons. The van der Waals surface area contributed by atoms with Gasteiger partial charge in [0, 0.05) is 23.3 Å². The lowest BCUT2D eigenvalue weighted by atomic mass is 10.1. The largest absolute Gasteiger partial charge is 0.339 e. The Morgan fingerprint density at radius 1 is 1.31 bits per heavy atom. The molecule has 2 heterocycles. The van der Waals surface area contributed by atoms with E-state index in [1.807, 2.05) is 0 Å². The van der Waals surface area contributed by atoms with E-state index in [0.29, 0.717) is 16.7 Å². The molecule has 2 aromatic heterocycles. The van der Waals surface area contributed by atoms with Gasteiger partial charge in [-0.15, -0.1) is 11.3 Å². The molecule has 0 fully saturated rings. The van der Waals surface area contributed by atoms with Gasteiger partial charge in [0.25, 0.3) is 5.91 Å². The molecule has 0 spiro atoms. The summed E-state index contributed by atoms with van der Waals surface area (Å²) in [4.78, 5) is 16.7. The van der Waals surface area contributed by atoms with Crippen molar-refractivity contribution in [3.05, 3.63) is 70.5 Å².